The van der Waals surface area contributed by atoms with Crippen molar-refractivity contribution in [1.82, 2.24) is 0 Å². The van der Waals surface area contributed by atoms with Crippen LogP contribution in [0.15, 0.2) is 34.0 Å². The molecule has 1 atom stereocenters. The number of hydrogen-bond donors (Lipinski definition) is 3. The van der Waals surface area contributed by atoms with Gasteiger partial charge in [0, 0.05) is 6.08 Å². The normalized spacial score (nSPS) is 15.3. The van der Waals surface area contributed by atoms with E-state index in [0.717, 1.165) is 12.2 Å². The maximum atomic E-state index is 13.9. The molecule has 12 nitrogen and oxygen atoms in total. The lowest BCUT2D eigenvalue weighted by molar-refractivity contribution is -0.151. The molecule has 0 saturated carbocycles. The van der Waals surface area contributed by atoms with E-state index in [1.54, 1.807) is 34.6 Å². The van der Waals surface area contributed by atoms with Crippen LogP contribution in [0.4, 0.5) is 0 Å². The zero-order chi connectivity index (χ0) is 40.7. The predicted molar refractivity (Wildman–Crippen MR) is 202 cm³/mol. The number of ketones is 1. The number of aryl methyl sites for hydroxylation is 1. The number of carboxylic acids is 1. The molecular weight excluding hydrogens is 764 g/mol. The Morgan fingerprint density at radius 2 is 1.28 bits per heavy atom. The molecule has 0 fully saturated rings. The maximum absolute atomic E-state index is 13.9. The molecule has 1 aliphatic rings. The molecule has 0 unspecified atom stereocenters. The largest absolute Gasteiger partial charge is 0.506 e. The van der Waals surface area contributed by atoms with E-state index in [9.17, 15) is 39.3 Å². The molecule has 0 spiro atoms. The summed E-state index contributed by atoms with van der Waals surface area (Å²) in [5.41, 5.74) is 1.89. The number of aromatic hydroxyl groups is 1. The topological polar surface area (TPSA) is 183 Å². The second kappa shape index (κ2) is 15.6. The zero-order valence-electron chi connectivity index (χ0n) is 32.0. The van der Waals surface area contributed by atoms with E-state index < -0.39 is 41.0 Å². The van der Waals surface area contributed by atoms with Crippen LogP contribution in [0, 0.1) is 48.5 Å². The number of aliphatic hydroxyl groups is 1. The lowest BCUT2D eigenvalue weighted by Crippen LogP contribution is -2.47. The highest BCUT2D eigenvalue weighted by Gasteiger charge is 2.48. The molecule has 13 heteroatoms. The summed E-state index contributed by atoms with van der Waals surface area (Å²) < 4.78 is 22.4. The third-order valence-electron chi connectivity index (χ3n) is 10.2. The smallest absolute Gasteiger partial charge is 0.356 e. The van der Waals surface area contributed by atoms with Crippen molar-refractivity contribution in [2.75, 3.05) is 7.11 Å². The number of aromatic carboxylic acids is 1. The van der Waals surface area contributed by atoms with Gasteiger partial charge in [0.25, 0.3) is 0 Å². The summed E-state index contributed by atoms with van der Waals surface area (Å²) in [5.74, 6) is -5.03. The molecule has 0 amide bonds. The van der Waals surface area contributed by atoms with E-state index in [-0.39, 0.29) is 55.1 Å². The molecule has 3 aromatic carbocycles. The Morgan fingerprint density at radius 3 is 1.83 bits per heavy atom. The van der Waals surface area contributed by atoms with E-state index in [2.05, 4.69) is 15.9 Å². The number of carbonyl (C=O) groups excluding carboxylic acids is 4. The summed E-state index contributed by atoms with van der Waals surface area (Å²) in [6.45, 7) is 16.6. The SMILES string of the molecule is CCc1c(C)c(C(=O)O)c(C)c(C)c1OC(=O)c1c(C)cc(OC(=O)c2c(C)c(C)c(OC(=O)[C@@]3(O)C(C)=CC(=O)C=C3OC)c(Br)c2O)c(C)c1CC. The van der Waals surface area contributed by atoms with Crippen LogP contribution in [-0.2, 0) is 27.2 Å². The third-order valence-corrected chi connectivity index (χ3v) is 10.9. The van der Waals surface area contributed by atoms with Crippen molar-refractivity contribution in [3.05, 3.63) is 101 Å². The Bertz CT molecular complexity index is 2200. The van der Waals surface area contributed by atoms with Gasteiger partial charge in [0.05, 0.1) is 18.2 Å². The number of carboxylic acid groups (broad SMARTS) is 1. The molecule has 286 valence electrons. The van der Waals surface area contributed by atoms with Crippen LogP contribution in [0.3, 0.4) is 0 Å². The fourth-order valence-electron chi connectivity index (χ4n) is 6.86. The van der Waals surface area contributed by atoms with Crippen LogP contribution in [0.5, 0.6) is 23.0 Å². The highest BCUT2D eigenvalue weighted by Crippen LogP contribution is 2.44. The number of carbonyl (C=O) groups is 5. The van der Waals surface area contributed by atoms with Crippen molar-refractivity contribution < 1.29 is 58.2 Å². The lowest BCUT2D eigenvalue weighted by atomic mass is 9.87. The molecule has 0 heterocycles. The van der Waals surface area contributed by atoms with Crippen LogP contribution in [0.25, 0.3) is 0 Å². The standard InChI is InChI=1S/C41H43BrO12/c1-12-26-23(9)28(14-17(3)30(26)38(47)53-35-21(7)19(5)31(37(45)46)24(10)27(35)13-2)52-39(48)32-20(6)22(8)36(33(42)34(32)44)54-40(49)41(50)18(4)15-25(43)16-29(41)51-11/h14-16,44,50H,12-13H2,1-11H3,(H,45,46)/t41-/m1/s1. The highest BCUT2D eigenvalue weighted by molar-refractivity contribution is 9.10. The highest BCUT2D eigenvalue weighted by atomic mass is 79.9. The zero-order valence-corrected chi connectivity index (χ0v) is 33.6. The van der Waals surface area contributed by atoms with Crippen molar-refractivity contribution in [2.24, 2.45) is 0 Å². The van der Waals surface area contributed by atoms with Gasteiger partial charge < -0.3 is 34.3 Å². The summed E-state index contributed by atoms with van der Waals surface area (Å²) in [6, 6.07) is 1.53. The number of methoxy groups -OCH3 is 1. The van der Waals surface area contributed by atoms with Crippen LogP contribution < -0.4 is 14.2 Å². The Hall–Kier alpha value is -5.27. The summed E-state index contributed by atoms with van der Waals surface area (Å²) in [5, 5.41) is 32.4. The fourth-order valence-corrected chi connectivity index (χ4v) is 7.44. The van der Waals surface area contributed by atoms with Crippen LogP contribution in [0.1, 0.15) is 102 Å². The second-order valence-electron chi connectivity index (χ2n) is 13.2. The Labute approximate surface area is 321 Å². The molecule has 0 bridgehead atoms. The minimum Gasteiger partial charge on any atom is -0.506 e. The number of phenols is 1. The van der Waals surface area contributed by atoms with Crippen LogP contribution in [0.2, 0.25) is 0 Å². The molecule has 4 rings (SSSR count). The van der Waals surface area contributed by atoms with E-state index >= 15 is 0 Å². The minimum atomic E-state index is -2.43. The fraction of sp³-hybridized carbons (Fsp3) is 0.341. The van der Waals surface area contributed by atoms with Gasteiger partial charge >= 0.3 is 23.9 Å². The van der Waals surface area contributed by atoms with Gasteiger partial charge in [-0.2, -0.15) is 0 Å². The number of allylic oxidation sites excluding steroid dienone is 2. The number of halogens is 1. The Balaban J connectivity index is 1.70. The van der Waals surface area contributed by atoms with E-state index in [1.165, 1.54) is 33.9 Å². The van der Waals surface area contributed by atoms with Crippen molar-refractivity contribution in [2.45, 2.75) is 87.7 Å². The minimum absolute atomic E-state index is 0.0384. The van der Waals surface area contributed by atoms with Crippen molar-refractivity contribution >= 4 is 45.6 Å². The maximum Gasteiger partial charge on any atom is 0.356 e. The van der Waals surface area contributed by atoms with Gasteiger partial charge in [-0.15, -0.1) is 0 Å². The first-order chi connectivity index (χ1) is 25.2. The first-order valence-corrected chi connectivity index (χ1v) is 17.9. The summed E-state index contributed by atoms with van der Waals surface area (Å²) in [6.07, 6.45) is 2.83. The molecule has 0 aliphatic heterocycles. The lowest BCUT2D eigenvalue weighted by Gasteiger charge is -2.30. The van der Waals surface area contributed by atoms with Gasteiger partial charge in [-0.3, -0.25) is 4.79 Å². The molecule has 0 radical (unpaired) electrons. The molecule has 3 N–H and O–H groups in total. The average Bonchev–Trinajstić information content (AvgIpc) is 3.10. The number of benzene rings is 3. The summed E-state index contributed by atoms with van der Waals surface area (Å²) in [7, 11) is 1.19. The number of rotatable bonds is 10. The summed E-state index contributed by atoms with van der Waals surface area (Å²) >= 11 is 3.22. The van der Waals surface area contributed by atoms with Crippen molar-refractivity contribution in [3.63, 3.8) is 0 Å². The van der Waals surface area contributed by atoms with Crippen LogP contribution >= 0.6 is 15.9 Å². The van der Waals surface area contributed by atoms with E-state index in [4.69, 9.17) is 18.9 Å². The quantitative estimate of drug-likeness (QED) is 0.138. The van der Waals surface area contributed by atoms with Gasteiger partial charge in [-0.05, 0) is 152 Å². The first kappa shape index (κ1) is 41.5. The predicted octanol–water partition coefficient (Wildman–Crippen LogP) is 7.27. The number of hydrogen-bond acceptors (Lipinski definition) is 11. The summed E-state index contributed by atoms with van der Waals surface area (Å²) in [4.78, 5) is 65.0. The van der Waals surface area contributed by atoms with Crippen LogP contribution in [-0.4, -0.2) is 57.7 Å². The van der Waals surface area contributed by atoms with Crippen molar-refractivity contribution in [3.8, 4) is 23.0 Å². The number of phenolic OH excluding ortho intramolecular Hbond substituents is 1. The molecule has 3 aromatic rings. The number of ether oxygens (including phenoxy) is 4. The average molecular weight is 808 g/mol. The number of esters is 3. The van der Waals surface area contributed by atoms with Gasteiger partial charge in [0.15, 0.2) is 11.5 Å². The second-order valence-corrected chi connectivity index (χ2v) is 14.0. The van der Waals surface area contributed by atoms with E-state index in [0.29, 0.717) is 57.5 Å². The Kier molecular flexibility index (Phi) is 12.0. The van der Waals surface area contributed by atoms with Gasteiger partial charge in [-0.25, -0.2) is 19.2 Å². The van der Waals surface area contributed by atoms with Gasteiger partial charge in [0.2, 0.25) is 5.60 Å². The molecular formula is C41H43BrO12. The van der Waals surface area contributed by atoms with Crippen molar-refractivity contribution in [1.29, 1.82) is 0 Å². The first-order valence-electron chi connectivity index (χ1n) is 17.1. The molecule has 0 saturated heterocycles. The molecule has 1 aliphatic carbocycles. The Morgan fingerprint density at radius 1 is 0.722 bits per heavy atom. The van der Waals surface area contributed by atoms with Gasteiger partial charge in [0.1, 0.15) is 33.0 Å². The van der Waals surface area contributed by atoms with E-state index in [1.807, 2.05) is 13.8 Å². The molecule has 54 heavy (non-hydrogen) atoms. The van der Waals surface area contributed by atoms with Gasteiger partial charge in [-0.1, -0.05) is 13.8 Å². The molecule has 0 aromatic heterocycles. The third kappa shape index (κ3) is 6.93. The monoisotopic (exact) mass is 806 g/mol.